The predicted molar refractivity (Wildman–Crippen MR) is 122 cm³/mol. The van der Waals surface area contributed by atoms with Crippen molar-refractivity contribution in [3.8, 4) is 0 Å². The lowest BCUT2D eigenvalue weighted by Crippen LogP contribution is -2.20. The lowest BCUT2D eigenvalue weighted by Gasteiger charge is -2.24. The smallest absolute Gasteiger partial charge is 0.226 e. The topological polar surface area (TPSA) is 89.0 Å². The fourth-order valence-electron chi connectivity index (χ4n) is 4.00. The Balaban J connectivity index is 1.77. The normalized spacial score (nSPS) is 15.8. The molecule has 0 radical (unpaired) electrons. The number of anilines is 1. The van der Waals surface area contributed by atoms with Gasteiger partial charge in [-0.3, -0.25) is 9.78 Å². The van der Waals surface area contributed by atoms with E-state index >= 15 is 0 Å². The Bertz CT molecular complexity index is 991. The average molecular weight is 468 g/mol. The van der Waals surface area contributed by atoms with Crippen LogP contribution in [0.5, 0.6) is 0 Å². The summed E-state index contributed by atoms with van der Waals surface area (Å²) in [5.41, 5.74) is 1.76. The number of carbonyl (C=O) groups excluding carboxylic acids is 1. The first-order valence-corrected chi connectivity index (χ1v) is 13.5. The van der Waals surface area contributed by atoms with E-state index in [4.69, 9.17) is 11.6 Å². The van der Waals surface area contributed by atoms with Gasteiger partial charge in [-0.15, -0.1) is 0 Å². The van der Waals surface area contributed by atoms with Gasteiger partial charge in [0, 0.05) is 18.4 Å². The van der Waals surface area contributed by atoms with Gasteiger partial charge in [0.05, 0.1) is 28.0 Å². The van der Waals surface area contributed by atoms with Crippen LogP contribution in [0.1, 0.15) is 49.3 Å². The number of sulfone groups is 1. The molecule has 1 aliphatic rings. The van der Waals surface area contributed by atoms with Crippen LogP contribution in [-0.4, -0.2) is 36.8 Å². The minimum Gasteiger partial charge on any atom is -0.309 e. The van der Waals surface area contributed by atoms with Gasteiger partial charge >= 0.3 is 0 Å². The maximum atomic E-state index is 12.8. The molecule has 2 aromatic rings. The van der Waals surface area contributed by atoms with Gasteiger partial charge in [-0.1, -0.05) is 30.5 Å². The largest absolute Gasteiger partial charge is 0.309 e. The van der Waals surface area contributed by atoms with E-state index < -0.39 is 9.84 Å². The zero-order valence-electron chi connectivity index (χ0n) is 17.1. The summed E-state index contributed by atoms with van der Waals surface area (Å²) in [6.45, 7) is 0. The zero-order chi connectivity index (χ0) is 21.7. The standard InChI is InChI=1S/C21H26ClN3O3S2/c1-29-13-16-11-24-20(12-23-16)25-21(26)10-17(14-5-3-4-6-14)15-7-8-19(18(22)9-15)30(2,27)28/h7-9,11-12,14,17H,3-6,10,13H2,1-2H3,(H,24,25,26). The summed E-state index contributed by atoms with van der Waals surface area (Å²) < 4.78 is 23.7. The molecule has 162 valence electrons. The van der Waals surface area contributed by atoms with Crippen LogP contribution in [0.15, 0.2) is 35.5 Å². The minimum absolute atomic E-state index is 0.0256. The number of carbonyl (C=O) groups is 1. The van der Waals surface area contributed by atoms with Gasteiger partial charge in [0.25, 0.3) is 0 Å². The number of hydrogen-bond acceptors (Lipinski definition) is 6. The maximum absolute atomic E-state index is 12.8. The molecule has 9 heteroatoms. The van der Waals surface area contributed by atoms with Crippen LogP contribution in [0.2, 0.25) is 5.02 Å². The van der Waals surface area contributed by atoms with Gasteiger partial charge < -0.3 is 5.32 Å². The van der Waals surface area contributed by atoms with E-state index in [1.165, 1.54) is 0 Å². The summed E-state index contributed by atoms with van der Waals surface area (Å²) in [4.78, 5) is 21.5. The van der Waals surface area contributed by atoms with Crippen LogP contribution in [-0.2, 0) is 20.4 Å². The summed E-state index contributed by atoms with van der Waals surface area (Å²) in [7, 11) is -3.39. The Kier molecular flexibility index (Phi) is 7.76. The predicted octanol–water partition coefficient (Wildman–Crippen LogP) is 4.70. The van der Waals surface area contributed by atoms with E-state index in [-0.39, 0.29) is 28.2 Å². The molecule has 0 saturated heterocycles. The van der Waals surface area contributed by atoms with Gasteiger partial charge in [-0.05, 0) is 48.6 Å². The van der Waals surface area contributed by atoms with E-state index in [1.54, 1.807) is 42.4 Å². The van der Waals surface area contributed by atoms with E-state index in [2.05, 4.69) is 15.3 Å². The summed E-state index contributed by atoms with van der Waals surface area (Å²) in [6.07, 6.45) is 11.0. The molecule has 1 saturated carbocycles. The van der Waals surface area contributed by atoms with Crippen LogP contribution >= 0.6 is 23.4 Å². The number of rotatable bonds is 8. The monoisotopic (exact) mass is 467 g/mol. The SMILES string of the molecule is CSCc1cnc(NC(=O)CC(c2ccc(S(C)(=O)=O)c(Cl)c2)C2CCCC2)cn1. The molecular formula is C21H26ClN3O3S2. The third-order valence-corrected chi connectivity index (χ3v) is 7.59. The van der Waals surface area contributed by atoms with Crippen molar-refractivity contribution in [2.24, 2.45) is 5.92 Å². The van der Waals surface area contributed by atoms with Gasteiger partial charge in [-0.2, -0.15) is 11.8 Å². The molecule has 0 bridgehead atoms. The Morgan fingerprint density at radius 1 is 1.27 bits per heavy atom. The molecule has 3 rings (SSSR count). The molecular weight excluding hydrogens is 442 g/mol. The van der Waals surface area contributed by atoms with Crippen molar-refractivity contribution in [2.45, 2.75) is 48.7 Å². The molecule has 1 heterocycles. The molecule has 1 unspecified atom stereocenters. The average Bonchev–Trinajstić information content (AvgIpc) is 3.21. The Labute approximate surface area is 187 Å². The van der Waals surface area contributed by atoms with E-state index in [0.29, 0.717) is 11.7 Å². The number of amides is 1. The molecule has 1 aliphatic carbocycles. The molecule has 1 N–H and O–H groups in total. The van der Waals surface area contributed by atoms with Crippen molar-refractivity contribution < 1.29 is 13.2 Å². The highest BCUT2D eigenvalue weighted by atomic mass is 35.5. The summed E-state index contributed by atoms with van der Waals surface area (Å²) in [6, 6.07) is 5.03. The summed E-state index contributed by atoms with van der Waals surface area (Å²) in [5.74, 6) is 1.41. The fraction of sp³-hybridized carbons (Fsp3) is 0.476. The van der Waals surface area contributed by atoms with Gasteiger partial charge in [0.1, 0.15) is 0 Å². The van der Waals surface area contributed by atoms with E-state index in [9.17, 15) is 13.2 Å². The van der Waals surface area contributed by atoms with Gasteiger partial charge in [-0.25, -0.2) is 13.4 Å². The third kappa shape index (κ3) is 5.95. The lowest BCUT2D eigenvalue weighted by atomic mass is 9.82. The molecule has 1 aromatic heterocycles. The number of aromatic nitrogens is 2. The quantitative estimate of drug-likeness (QED) is 0.605. The summed E-state index contributed by atoms with van der Waals surface area (Å²) >= 11 is 7.93. The highest BCUT2D eigenvalue weighted by Crippen LogP contribution is 2.40. The second-order valence-electron chi connectivity index (χ2n) is 7.69. The molecule has 1 aromatic carbocycles. The van der Waals surface area contributed by atoms with Gasteiger partial charge in [0.15, 0.2) is 15.7 Å². The Morgan fingerprint density at radius 2 is 2.00 bits per heavy atom. The van der Waals surface area contributed by atoms with Crippen molar-refractivity contribution in [3.63, 3.8) is 0 Å². The van der Waals surface area contributed by atoms with Crippen molar-refractivity contribution in [2.75, 3.05) is 17.8 Å². The second-order valence-corrected chi connectivity index (χ2v) is 10.9. The summed E-state index contributed by atoms with van der Waals surface area (Å²) in [5, 5.41) is 3.04. The van der Waals surface area contributed by atoms with E-state index in [1.807, 2.05) is 6.26 Å². The fourth-order valence-corrected chi connectivity index (χ4v) is 5.78. The first-order valence-electron chi connectivity index (χ1n) is 9.87. The third-order valence-electron chi connectivity index (χ3n) is 5.42. The van der Waals surface area contributed by atoms with Gasteiger partial charge in [0.2, 0.25) is 5.91 Å². The number of hydrogen-bond donors (Lipinski definition) is 1. The number of nitrogens with one attached hydrogen (secondary N) is 1. The minimum atomic E-state index is -3.39. The van der Waals surface area contributed by atoms with E-state index in [0.717, 1.165) is 48.9 Å². The number of thioether (sulfide) groups is 1. The molecule has 6 nitrogen and oxygen atoms in total. The van der Waals surface area contributed by atoms with Crippen molar-refractivity contribution in [1.82, 2.24) is 9.97 Å². The van der Waals surface area contributed by atoms with Crippen molar-refractivity contribution in [3.05, 3.63) is 46.9 Å². The highest BCUT2D eigenvalue weighted by Gasteiger charge is 2.29. The first-order chi connectivity index (χ1) is 14.3. The number of benzene rings is 1. The Morgan fingerprint density at radius 3 is 2.57 bits per heavy atom. The van der Waals surface area contributed by atoms with Crippen LogP contribution in [0.25, 0.3) is 0 Å². The molecule has 30 heavy (non-hydrogen) atoms. The van der Waals surface area contributed by atoms with Crippen LogP contribution in [0.3, 0.4) is 0 Å². The number of halogens is 1. The van der Waals surface area contributed by atoms with Crippen molar-refractivity contribution >= 4 is 44.9 Å². The van der Waals surface area contributed by atoms with Crippen LogP contribution < -0.4 is 5.32 Å². The molecule has 1 amide bonds. The Hall–Kier alpha value is -1.64. The molecule has 0 spiro atoms. The van der Waals surface area contributed by atoms with Crippen LogP contribution in [0.4, 0.5) is 5.82 Å². The second kappa shape index (κ2) is 10.1. The highest BCUT2D eigenvalue weighted by molar-refractivity contribution is 7.97. The maximum Gasteiger partial charge on any atom is 0.226 e. The molecule has 1 atom stereocenters. The lowest BCUT2D eigenvalue weighted by molar-refractivity contribution is -0.116. The molecule has 0 aliphatic heterocycles. The van der Waals surface area contributed by atoms with Crippen molar-refractivity contribution in [1.29, 1.82) is 0 Å². The molecule has 1 fully saturated rings. The number of nitrogens with zero attached hydrogens (tertiary/aromatic N) is 2. The zero-order valence-corrected chi connectivity index (χ0v) is 19.5. The van der Waals surface area contributed by atoms with Crippen LogP contribution in [0, 0.1) is 5.92 Å². The first kappa shape index (κ1) is 23.0.